The van der Waals surface area contributed by atoms with Gasteiger partial charge < -0.3 is 14.5 Å². The minimum Gasteiger partial charge on any atom is -0.395 e. The van der Waals surface area contributed by atoms with Gasteiger partial charge in [-0.3, -0.25) is 4.79 Å². The third-order valence-electron chi connectivity index (χ3n) is 5.77. The Morgan fingerprint density at radius 2 is 2.21 bits per heavy atom. The molecular formula is C21H22N4O3S. The number of hydrogen-bond donors (Lipinski definition) is 1. The highest BCUT2D eigenvalue weighted by molar-refractivity contribution is 7.15. The monoisotopic (exact) mass is 410 g/mol. The lowest BCUT2D eigenvalue weighted by Crippen LogP contribution is -2.30. The van der Waals surface area contributed by atoms with Crippen molar-refractivity contribution in [1.29, 1.82) is 0 Å². The fourth-order valence-corrected chi connectivity index (χ4v) is 5.35. The van der Waals surface area contributed by atoms with Gasteiger partial charge in [-0.1, -0.05) is 37.2 Å². The third kappa shape index (κ3) is 2.98. The highest BCUT2D eigenvalue weighted by atomic mass is 32.1. The molecule has 3 heterocycles. The Kier molecular flexibility index (Phi) is 4.48. The van der Waals surface area contributed by atoms with Crippen LogP contribution < -0.4 is 0 Å². The molecule has 1 aliphatic heterocycles. The van der Waals surface area contributed by atoms with Gasteiger partial charge >= 0.3 is 0 Å². The SMILES string of the molecule is CC(C)c1ncc(-c2nc(-c3cccc4c3C[C@@H]3CC(=O)N(CCO)[C@H]43)no2)s1. The molecule has 1 fully saturated rings. The van der Waals surface area contributed by atoms with Crippen LogP contribution >= 0.6 is 11.3 Å². The first kappa shape index (κ1) is 18.4. The molecule has 5 rings (SSSR count). The quantitative estimate of drug-likeness (QED) is 0.693. The number of rotatable bonds is 5. The Balaban J connectivity index is 1.49. The molecule has 29 heavy (non-hydrogen) atoms. The van der Waals surface area contributed by atoms with Crippen LogP contribution in [0.5, 0.6) is 0 Å². The van der Waals surface area contributed by atoms with Crippen LogP contribution in [0.4, 0.5) is 0 Å². The van der Waals surface area contributed by atoms with Crippen molar-refractivity contribution >= 4 is 17.2 Å². The van der Waals surface area contributed by atoms with Crippen molar-refractivity contribution in [2.45, 2.75) is 38.6 Å². The maximum atomic E-state index is 12.3. The number of benzene rings is 1. The molecule has 2 atom stereocenters. The number of likely N-dealkylation sites (tertiary alicyclic amines) is 1. The second kappa shape index (κ2) is 7.03. The van der Waals surface area contributed by atoms with E-state index in [0.29, 0.717) is 30.6 Å². The molecule has 0 radical (unpaired) electrons. The number of aromatic nitrogens is 3. The molecule has 3 aromatic rings. The van der Waals surface area contributed by atoms with E-state index in [1.165, 1.54) is 5.56 Å². The van der Waals surface area contributed by atoms with Crippen LogP contribution in [-0.2, 0) is 11.2 Å². The van der Waals surface area contributed by atoms with Gasteiger partial charge in [0.25, 0.3) is 5.89 Å². The molecule has 0 spiro atoms. The van der Waals surface area contributed by atoms with Crippen molar-refractivity contribution in [2.75, 3.05) is 13.2 Å². The van der Waals surface area contributed by atoms with Gasteiger partial charge in [0.05, 0.1) is 23.9 Å². The Labute approximate surface area is 172 Å². The van der Waals surface area contributed by atoms with Gasteiger partial charge in [-0.05, 0) is 23.5 Å². The number of hydrogen-bond acceptors (Lipinski definition) is 7. The Morgan fingerprint density at radius 3 is 2.97 bits per heavy atom. The van der Waals surface area contributed by atoms with Crippen LogP contribution in [0.25, 0.3) is 22.2 Å². The van der Waals surface area contributed by atoms with E-state index in [2.05, 4.69) is 35.0 Å². The summed E-state index contributed by atoms with van der Waals surface area (Å²) in [4.78, 5) is 24.1. The molecule has 1 saturated heterocycles. The summed E-state index contributed by atoms with van der Waals surface area (Å²) in [6.07, 6.45) is 3.12. The number of carbonyl (C=O) groups is 1. The molecule has 2 aromatic heterocycles. The molecular weight excluding hydrogens is 388 g/mol. The zero-order chi connectivity index (χ0) is 20.1. The van der Waals surface area contributed by atoms with Gasteiger partial charge in [-0.2, -0.15) is 4.98 Å². The number of aliphatic hydroxyl groups is 1. The van der Waals surface area contributed by atoms with Crippen LogP contribution in [0, 0.1) is 5.92 Å². The molecule has 1 N–H and O–H groups in total. The number of amides is 1. The summed E-state index contributed by atoms with van der Waals surface area (Å²) in [6, 6.07) is 6.10. The van der Waals surface area contributed by atoms with E-state index in [1.807, 2.05) is 17.0 Å². The number of fused-ring (bicyclic) bond motifs is 3. The molecule has 7 nitrogen and oxygen atoms in total. The van der Waals surface area contributed by atoms with Crippen LogP contribution in [0.1, 0.15) is 48.4 Å². The van der Waals surface area contributed by atoms with E-state index in [9.17, 15) is 9.90 Å². The fraction of sp³-hybridized carbons (Fsp3) is 0.429. The summed E-state index contributed by atoms with van der Waals surface area (Å²) >= 11 is 1.57. The number of β-amino-alcohol motifs (C(OH)–C–C–N with tert-alkyl or cyclic N) is 1. The molecule has 0 bridgehead atoms. The highest BCUT2D eigenvalue weighted by Crippen LogP contribution is 2.49. The Bertz CT molecular complexity index is 1070. The first-order valence-corrected chi connectivity index (χ1v) is 10.7. The second-order valence-electron chi connectivity index (χ2n) is 7.94. The van der Waals surface area contributed by atoms with Crippen molar-refractivity contribution in [1.82, 2.24) is 20.0 Å². The predicted octanol–water partition coefficient (Wildman–Crippen LogP) is 3.42. The minimum atomic E-state index is -0.0224. The fourth-order valence-electron chi connectivity index (χ4n) is 4.51. The van der Waals surface area contributed by atoms with Crippen molar-refractivity contribution in [2.24, 2.45) is 5.92 Å². The molecule has 8 heteroatoms. The zero-order valence-corrected chi connectivity index (χ0v) is 17.1. The first-order valence-electron chi connectivity index (χ1n) is 9.89. The van der Waals surface area contributed by atoms with Gasteiger partial charge in [0, 0.05) is 24.4 Å². The van der Waals surface area contributed by atoms with Gasteiger partial charge in [-0.25, -0.2) is 4.98 Å². The second-order valence-corrected chi connectivity index (χ2v) is 9.00. The van der Waals surface area contributed by atoms with E-state index in [0.717, 1.165) is 27.4 Å². The summed E-state index contributed by atoms with van der Waals surface area (Å²) < 4.78 is 5.54. The summed E-state index contributed by atoms with van der Waals surface area (Å²) in [7, 11) is 0. The lowest BCUT2D eigenvalue weighted by Gasteiger charge is -2.24. The van der Waals surface area contributed by atoms with Gasteiger partial charge in [0.2, 0.25) is 11.7 Å². The lowest BCUT2D eigenvalue weighted by molar-refractivity contribution is -0.129. The normalized spacial score (nSPS) is 20.6. The maximum absolute atomic E-state index is 12.3. The minimum absolute atomic E-state index is 0.0224. The third-order valence-corrected chi connectivity index (χ3v) is 7.06. The van der Waals surface area contributed by atoms with E-state index < -0.39 is 0 Å². The predicted molar refractivity (Wildman–Crippen MR) is 108 cm³/mol. The molecule has 0 saturated carbocycles. The van der Waals surface area contributed by atoms with E-state index in [-0.39, 0.29) is 24.5 Å². The van der Waals surface area contributed by atoms with Crippen molar-refractivity contribution in [3.8, 4) is 22.2 Å². The number of thiazole rings is 1. The number of aliphatic hydroxyl groups excluding tert-OH is 1. The highest BCUT2D eigenvalue weighted by Gasteiger charge is 2.46. The van der Waals surface area contributed by atoms with Gasteiger partial charge in [0.1, 0.15) is 4.88 Å². The van der Waals surface area contributed by atoms with Crippen molar-refractivity contribution in [3.63, 3.8) is 0 Å². The average Bonchev–Trinajstić information content (AvgIpc) is 3.45. The Morgan fingerprint density at radius 1 is 1.34 bits per heavy atom. The van der Waals surface area contributed by atoms with Crippen LogP contribution in [0.2, 0.25) is 0 Å². The molecule has 1 aliphatic carbocycles. The molecule has 0 unspecified atom stereocenters. The van der Waals surface area contributed by atoms with E-state index >= 15 is 0 Å². The molecule has 2 aliphatic rings. The molecule has 1 aromatic carbocycles. The van der Waals surface area contributed by atoms with Gasteiger partial charge in [0.15, 0.2) is 0 Å². The standard InChI is InChI=1S/C21H22N4O3S/c1-11(2)21-22-10-16(29-21)20-23-19(24-28-20)14-5-3-4-13-15(14)8-12-9-17(27)25(6-7-26)18(12)13/h3-5,10-12,18,26H,6-9H2,1-2H3/t12-,18+/m1/s1. The Hall–Kier alpha value is -2.58. The molecule has 150 valence electrons. The van der Waals surface area contributed by atoms with Crippen molar-refractivity contribution in [3.05, 3.63) is 40.5 Å². The smallest absolute Gasteiger partial charge is 0.269 e. The maximum Gasteiger partial charge on any atom is 0.269 e. The zero-order valence-electron chi connectivity index (χ0n) is 16.3. The summed E-state index contributed by atoms with van der Waals surface area (Å²) in [5, 5.41) is 14.6. The topological polar surface area (TPSA) is 92.4 Å². The van der Waals surface area contributed by atoms with Crippen LogP contribution in [0.3, 0.4) is 0 Å². The van der Waals surface area contributed by atoms with E-state index in [4.69, 9.17) is 4.52 Å². The average molecular weight is 410 g/mol. The van der Waals surface area contributed by atoms with Gasteiger partial charge in [-0.15, -0.1) is 11.3 Å². The van der Waals surface area contributed by atoms with E-state index in [1.54, 1.807) is 17.5 Å². The summed E-state index contributed by atoms with van der Waals surface area (Å²) in [5.41, 5.74) is 3.27. The lowest BCUT2D eigenvalue weighted by atomic mass is 10.0. The summed E-state index contributed by atoms with van der Waals surface area (Å²) in [6.45, 7) is 4.57. The molecule has 1 amide bonds. The van der Waals surface area contributed by atoms with Crippen molar-refractivity contribution < 1.29 is 14.4 Å². The number of nitrogens with zero attached hydrogens (tertiary/aromatic N) is 4. The largest absolute Gasteiger partial charge is 0.395 e. The summed E-state index contributed by atoms with van der Waals surface area (Å²) in [5.74, 6) is 1.77. The first-order chi connectivity index (χ1) is 14.1. The number of carbonyl (C=O) groups excluding carboxylic acids is 1. The van der Waals surface area contributed by atoms with Crippen LogP contribution in [0.15, 0.2) is 28.9 Å². The van der Waals surface area contributed by atoms with Crippen LogP contribution in [-0.4, -0.2) is 44.2 Å².